The van der Waals surface area contributed by atoms with Crippen LogP contribution in [-0.4, -0.2) is 28.4 Å². The molecule has 0 radical (unpaired) electrons. The van der Waals surface area contributed by atoms with Crippen LogP contribution in [0.3, 0.4) is 0 Å². The van der Waals surface area contributed by atoms with E-state index in [1.54, 1.807) is 0 Å². The molecule has 0 fully saturated rings. The number of aromatic nitrogens is 2. The minimum atomic E-state index is -0.0379. The van der Waals surface area contributed by atoms with E-state index < -0.39 is 0 Å². The van der Waals surface area contributed by atoms with Crippen molar-refractivity contribution in [3.05, 3.63) is 47.3 Å². The molecule has 4 nitrogen and oxygen atoms in total. The highest BCUT2D eigenvalue weighted by atomic mass is 32.2. The molecule has 2 N–H and O–H groups in total. The maximum Gasteiger partial charge on any atom is 0.272 e. The molecule has 0 unspecified atom stereocenters. The van der Waals surface area contributed by atoms with E-state index in [1.807, 2.05) is 30.0 Å². The number of rotatable bonds is 6. The molecule has 1 heterocycles. The van der Waals surface area contributed by atoms with Gasteiger partial charge in [0.1, 0.15) is 0 Å². The lowest BCUT2D eigenvalue weighted by atomic mass is 9.96. The molecule has 5 heteroatoms. The second-order valence-corrected chi connectivity index (χ2v) is 6.68. The predicted octanol–water partition coefficient (Wildman–Crippen LogP) is 3.20. The van der Waals surface area contributed by atoms with Crippen molar-refractivity contribution in [3.63, 3.8) is 0 Å². The fraction of sp³-hybridized carbons (Fsp3) is 0.412. The van der Waals surface area contributed by atoms with Gasteiger partial charge in [-0.3, -0.25) is 9.89 Å². The van der Waals surface area contributed by atoms with Crippen LogP contribution in [-0.2, 0) is 12.8 Å². The van der Waals surface area contributed by atoms with Gasteiger partial charge in [0.25, 0.3) is 5.91 Å². The van der Waals surface area contributed by atoms with Gasteiger partial charge in [-0.05, 0) is 50.0 Å². The number of nitrogens with one attached hydrogen (secondary N) is 2. The summed E-state index contributed by atoms with van der Waals surface area (Å²) in [7, 11) is 0. The molecule has 0 saturated carbocycles. The van der Waals surface area contributed by atoms with Gasteiger partial charge in [-0.1, -0.05) is 18.2 Å². The number of aromatic amines is 1. The highest BCUT2D eigenvalue weighted by Crippen LogP contribution is 2.22. The van der Waals surface area contributed by atoms with Crippen molar-refractivity contribution in [1.29, 1.82) is 0 Å². The van der Waals surface area contributed by atoms with Crippen molar-refractivity contribution >= 4 is 17.7 Å². The fourth-order valence-electron chi connectivity index (χ4n) is 2.73. The molecule has 1 aliphatic rings. The molecule has 0 bridgehead atoms. The number of fused-ring (bicyclic) bond motifs is 1. The zero-order chi connectivity index (χ0) is 15.2. The highest BCUT2D eigenvalue weighted by Gasteiger charge is 2.21. The van der Waals surface area contributed by atoms with Crippen LogP contribution in [0.5, 0.6) is 0 Å². The van der Waals surface area contributed by atoms with Gasteiger partial charge >= 0.3 is 0 Å². The first kappa shape index (κ1) is 15.2. The fourth-order valence-corrected chi connectivity index (χ4v) is 3.61. The largest absolute Gasteiger partial charge is 0.351 e. The van der Waals surface area contributed by atoms with Crippen LogP contribution in [0.4, 0.5) is 0 Å². The lowest BCUT2D eigenvalue weighted by Crippen LogP contribution is -2.26. The number of amides is 1. The number of aryl methyl sites for hydroxylation is 1. The van der Waals surface area contributed by atoms with Gasteiger partial charge in [-0.2, -0.15) is 5.10 Å². The zero-order valence-electron chi connectivity index (χ0n) is 12.6. The van der Waals surface area contributed by atoms with Crippen LogP contribution in [0.15, 0.2) is 35.2 Å². The van der Waals surface area contributed by atoms with Gasteiger partial charge in [0, 0.05) is 22.7 Å². The zero-order valence-corrected chi connectivity index (χ0v) is 13.4. The minimum absolute atomic E-state index is 0.0379. The molecule has 2 aromatic rings. The summed E-state index contributed by atoms with van der Waals surface area (Å²) in [4.78, 5) is 13.5. The molecule has 0 spiro atoms. The van der Waals surface area contributed by atoms with Crippen molar-refractivity contribution in [2.45, 2.75) is 37.0 Å². The Morgan fingerprint density at radius 3 is 2.91 bits per heavy atom. The van der Waals surface area contributed by atoms with Gasteiger partial charge < -0.3 is 5.32 Å². The third-order valence-electron chi connectivity index (χ3n) is 3.89. The number of carbonyl (C=O) groups excluding carboxylic acids is 1. The molecular weight excluding hydrogens is 294 g/mol. The summed E-state index contributed by atoms with van der Waals surface area (Å²) in [5.41, 5.74) is 2.88. The van der Waals surface area contributed by atoms with E-state index in [1.165, 1.54) is 11.3 Å². The van der Waals surface area contributed by atoms with Crippen LogP contribution in [0.2, 0.25) is 0 Å². The maximum absolute atomic E-state index is 12.2. The normalized spacial score (nSPS) is 13.6. The molecule has 0 saturated heterocycles. The first-order chi connectivity index (χ1) is 10.8. The van der Waals surface area contributed by atoms with Crippen LogP contribution < -0.4 is 5.32 Å². The van der Waals surface area contributed by atoms with Crippen LogP contribution in [0.25, 0.3) is 0 Å². The average Bonchev–Trinajstić information content (AvgIpc) is 2.99. The first-order valence-electron chi connectivity index (χ1n) is 7.87. The molecule has 3 rings (SSSR count). The van der Waals surface area contributed by atoms with E-state index in [0.29, 0.717) is 12.2 Å². The monoisotopic (exact) mass is 315 g/mol. The Hall–Kier alpha value is -1.75. The van der Waals surface area contributed by atoms with Crippen molar-refractivity contribution in [2.24, 2.45) is 0 Å². The maximum atomic E-state index is 12.2. The molecule has 0 aliphatic heterocycles. The molecule has 1 aliphatic carbocycles. The van der Waals surface area contributed by atoms with E-state index >= 15 is 0 Å². The predicted molar refractivity (Wildman–Crippen MR) is 89.3 cm³/mol. The number of nitrogens with zero attached hydrogens (tertiary/aromatic N) is 1. The molecule has 1 amide bonds. The standard InChI is InChI=1S/C17H21N3OS/c21-17(16-14-9-4-5-10-15(14)19-20-16)18-11-6-12-22-13-7-2-1-3-8-13/h1-3,7-8H,4-6,9-12H2,(H,18,21)(H,19,20). The quantitative estimate of drug-likeness (QED) is 0.636. The Kier molecular flexibility index (Phi) is 5.16. The first-order valence-corrected chi connectivity index (χ1v) is 8.85. The number of H-pyrrole nitrogens is 1. The minimum Gasteiger partial charge on any atom is -0.351 e. The summed E-state index contributed by atoms with van der Waals surface area (Å²) in [5.74, 6) is 0.965. The van der Waals surface area contributed by atoms with Gasteiger partial charge in [-0.15, -0.1) is 11.8 Å². The Labute approximate surface area is 135 Å². The molecule has 1 aromatic heterocycles. The van der Waals surface area contributed by atoms with Crippen molar-refractivity contribution in [2.75, 3.05) is 12.3 Å². The SMILES string of the molecule is O=C(NCCCSc1ccccc1)c1n[nH]c2c1CCCC2. The Bertz CT molecular complexity index is 624. The smallest absolute Gasteiger partial charge is 0.272 e. The summed E-state index contributed by atoms with van der Waals surface area (Å²) in [6.07, 6.45) is 5.28. The lowest BCUT2D eigenvalue weighted by Gasteiger charge is -2.11. The van der Waals surface area contributed by atoms with Crippen molar-refractivity contribution in [1.82, 2.24) is 15.5 Å². The number of benzene rings is 1. The third-order valence-corrected chi connectivity index (χ3v) is 4.99. The number of hydrogen-bond donors (Lipinski definition) is 2. The summed E-state index contributed by atoms with van der Waals surface area (Å²) < 4.78 is 0. The Morgan fingerprint density at radius 1 is 1.23 bits per heavy atom. The van der Waals surface area contributed by atoms with Crippen LogP contribution >= 0.6 is 11.8 Å². The third kappa shape index (κ3) is 3.71. The second kappa shape index (κ2) is 7.49. The number of carbonyl (C=O) groups is 1. The number of thioether (sulfide) groups is 1. The van der Waals surface area contributed by atoms with Gasteiger partial charge in [-0.25, -0.2) is 0 Å². The van der Waals surface area contributed by atoms with Crippen LogP contribution in [0.1, 0.15) is 41.0 Å². The highest BCUT2D eigenvalue weighted by molar-refractivity contribution is 7.99. The molecule has 1 aromatic carbocycles. The summed E-state index contributed by atoms with van der Waals surface area (Å²) in [5, 5.41) is 10.2. The molecule has 0 atom stereocenters. The van der Waals surface area contributed by atoms with Gasteiger partial charge in [0.2, 0.25) is 0 Å². The number of hydrogen-bond acceptors (Lipinski definition) is 3. The van der Waals surface area contributed by atoms with E-state index in [4.69, 9.17) is 0 Å². The average molecular weight is 315 g/mol. The Balaban J connectivity index is 1.42. The molecule has 22 heavy (non-hydrogen) atoms. The Morgan fingerprint density at radius 2 is 2.05 bits per heavy atom. The van der Waals surface area contributed by atoms with E-state index in [2.05, 4.69) is 27.6 Å². The van der Waals surface area contributed by atoms with Gasteiger partial charge in [0.05, 0.1) is 0 Å². The summed E-state index contributed by atoms with van der Waals surface area (Å²) >= 11 is 1.82. The van der Waals surface area contributed by atoms with Gasteiger partial charge in [0.15, 0.2) is 5.69 Å². The topological polar surface area (TPSA) is 57.8 Å². The van der Waals surface area contributed by atoms with E-state index in [9.17, 15) is 4.79 Å². The second-order valence-electron chi connectivity index (χ2n) is 5.51. The molecule has 116 valence electrons. The lowest BCUT2D eigenvalue weighted by molar-refractivity contribution is 0.0947. The van der Waals surface area contributed by atoms with Crippen LogP contribution in [0, 0.1) is 0 Å². The molecular formula is C17H21N3OS. The summed E-state index contributed by atoms with van der Waals surface area (Å²) in [6, 6.07) is 10.3. The van der Waals surface area contributed by atoms with Crippen molar-refractivity contribution in [3.8, 4) is 0 Å². The van der Waals surface area contributed by atoms with E-state index in [0.717, 1.165) is 42.7 Å². The van der Waals surface area contributed by atoms with Crippen molar-refractivity contribution < 1.29 is 4.79 Å². The summed E-state index contributed by atoms with van der Waals surface area (Å²) in [6.45, 7) is 0.695. The van der Waals surface area contributed by atoms with E-state index in [-0.39, 0.29) is 5.91 Å².